The zero-order chi connectivity index (χ0) is 32.8. The van der Waals surface area contributed by atoms with Crippen LogP contribution in [0.2, 0.25) is 0 Å². The molecule has 4 rings (SSSR count). The molecule has 12 nitrogen and oxygen atoms in total. The molecule has 1 aliphatic rings. The molecule has 0 spiro atoms. The number of ether oxygens (including phenoxy) is 4. The van der Waals surface area contributed by atoms with Crippen molar-refractivity contribution < 1.29 is 53.7 Å². The summed E-state index contributed by atoms with van der Waals surface area (Å²) in [6.45, 7) is 4.89. The summed E-state index contributed by atoms with van der Waals surface area (Å²) >= 11 is 0. The molecule has 3 aromatic carbocycles. The van der Waals surface area contributed by atoms with Gasteiger partial charge in [0.05, 0.1) is 23.0 Å². The van der Waals surface area contributed by atoms with Gasteiger partial charge in [-0.25, -0.2) is 0 Å². The molecule has 1 fully saturated rings. The number of carbonyl (C=O) groups excluding carboxylic acids is 2. The maximum absolute atomic E-state index is 13.4. The Kier molecular flexibility index (Phi) is 11.1. The molecule has 0 aliphatic carbocycles. The molecule has 1 heterocycles. The number of benzene rings is 3. The third kappa shape index (κ3) is 9.19. The van der Waals surface area contributed by atoms with Crippen molar-refractivity contribution in [2.75, 3.05) is 6.61 Å². The van der Waals surface area contributed by atoms with Crippen molar-refractivity contribution in [3.63, 3.8) is 0 Å². The molecule has 0 unspecified atom stereocenters. The summed E-state index contributed by atoms with van der Waals surface area (Å²) in [4.78, 5) is 24.1. The van der Waals surface area contributed by atoms with E-state index >= 15 is 0 Å². The fourth-order valence-electron chi connectivity index (χ4n) is 4.49. The van der Waals surface area contributed by atoms with Crippen LogP contribution in [0.1, 0.15) is 30.5 Å². The Labute approximate surface area is 262 Å². The van der Waals surface area contributed by atoms with Gasteiger partial charge in [-0.1, -0.05) is 65.7 Å². The van der Waals surface area contributed by atoms with E-state index in [1.165, 1.54) is 24.3 Å². The largest absolute Gasteiger partial charge is 0.455 e. The van der Waals surface area contributed by atoms with Crippen LogP contribution in [0, 0.1) is 13.8 Å². The normalized spacial score (nSPS) is 22.0. The Hall–Kier alpha value is -3.66. The molecule has 0 amide bonds. The van der Waals surface area contributed by atoms with E-state index in [0.29, 0.717) is 5.56 Å². The first-order valence-electron chi connectivity index (χ1n) is 13.9. The van der Waals surface area contributed by atoms with Crippen LogP contribution in [0.4, 0.5) is 0 Å². The maximum atomic E-state index is 13.4. The quantitative estimate of drug-likeness (QED) is 0.205. The number of carbonyl (C=O) groups is 2. The van der Waals surface area contributed by atoms with Crippen LogP contribution >= 0.6 is 0 Å². The number of hydrogen-bond acceptors (Lipinski definition) is 12. The predicted molar refractivity (Wildman–Crippen MR) is 159 cm³/mol. The van der Waals surface area contributed by atoms with E-state index in [0.717, 1.165) is 25.0 Å². The Bertz CT molecular complexity index is 1670. The molecular weight excluding hydrogens is 628 g/mol. The second kappa shape index (κ2) is 14.6. The van der Waals surface area contributed by atoms with Gasteiger partial charge in [0.25, 0.3) is 20.2 Å². The van der Waals surface area contributed by atoms with Gasteiger partial charge in [-0.3, -0.25) is 18.0 Å². The van der Waals surface area contributed by atoms with Crippen LogP contribution in [-0.4, -0.2) is 66.1 Å². The van der Waals surface area contributed by atoms with Gasteiger partial charge in [-0.2, -0.15) is 16.8 Å². The molecule has 0 N–H and O–H groups in total. The van der Waals surface area contributed by atoms with Crippen molar-refractivity contribution in [2.24, 2.45) is 0 Å². The summed E-state index contributed by atoms with van der Waals surface area (Å²) in [7, 11) is -8.94. The minimum absolute atomic E-state index is 0.0570. The van der Waals surface area contributed by atoms with Crippen molar-refractivity contribution in [1.29, 1.82) is 0 Å². The Morgan fingerprint density at radius 3 is 1.73 bits per heavy atom. The summed E-state index contributed by atoms with van der Waals surface area (Å²) in [5.41, 5.74) is 2.31. The summed E-state index contributed by atoms with van der Waals surface area (Å²) in [6.07, 6.45) is -7.87. The molecule has 14 heteroatoms. The van der Waals surface area contributed by atoms with Gasteiger partial charge in [0, 0.05) is 13.8 Å². The molecule has 45 heavy (non-hydrogen) atoms. The lowest BCUT2D eigenvalue weighted by Crippen LogP contribution is -2.62. The molecule has 5 atom stereocenters. The van der Waals surface area contributed by atoms with E-state index in [-0.39, 0.29) is 16.4 Å². The van der Waals surface area contributed by atoms with Gasteiger partial charge < -0.3 is 18.9 Å². The van der Waals surface area contributed by atoms with Crippen LogP contribution in [0.25, 0.3) is 0 Å². The highest BCUT2D eigenvalue weighted by atomic mass is 32.2. The standard InChI is InChI=1S/C31H34O12S2/c1-20-10-14-25(15-11-20)44(34,35)39-19-27-28(43-45(36,37)26-16-12-21(2)13-17-26)29(40-22(3)32)30(41-23(4)33)31(42-27)38-18-24-8-6-5-7-9-24/h5-17,27-31H,18-19H2,1-4H3/t27-,28-,29+,30-,31-/m1/s1. The summed E-state index contributed by atoms with van der Waals surface area (Å²) in [5.74, 6) is -1.68. The highest BCUT2D eigenvalue weighted by Crippen LogP contribution is 2.33. The smallest absolute Gasteiger partial charge is 0.303 e. The van der Waals surface area contributed by atoms with Gasteiger partial charge in [0.2, 0.25) is 0 Å². The zero-order valence-electron chi connectivity index (χ0n) is 25.0. The monoisotopic (exact) mass is 662 g/mol. The third-order valence-corrected chi connectivity index (χ3v) is 9.32. The van der Waals surface area contributed by atoms with Crippen molar-refractivity contribution in [1.82, 2.24) is 0 Å². The molecule has 0 bridgehead atoms. The lowest BCUT2D eigenvalue weighted by molar-refractivity contribution is -0.303. The first-order valence-corrected chi connectivity index (χ1v) is 16.7. The molecule has 3 aromatic rings. The zero-order valence-corrected chi connectivity index (χ0v) is 26.7. The topological polar surface area (TPSA) is 158 Å². The van der Waals surface area contributed by atoms with Crippen molar-refractivity contribution in [2.45, 2.75) is 74.8 Å². The fraction of sp³-hybridized carbons (Fsp3) is 0.355. The molecule has 0 aromatic heterocycles. The predicted octanol–water partition coefficient (Wildman–Crippen LogP) is 3.59. The Balaban J connectivity index is 1.73. The van der Waals surface area contributed by atoms with Crippen LogP contribution in [0.3, 0.4) is 0 Å². The third-order valence-electron chi connectivity index (χ3n) is 6.70. The second-order valence-corrected chi connectivity index (χ2v) is 13.6. The molecule has 1 aliphatic heterocycles. The first kappa shape index (κ1) is 34.2. The fourth-order valence-corrected chi connectivity index (χ4v) is 6.52. The van der Waals surface area contributed by atoms with Gasteiger partial charge in [-0.05, 0) is 43.7 Å². The van der Waals surface area contributed by atoms with E-state index < -0.39 is 69.5 Å². The van der Waals surface area contributed by atoms with Crippen molar-refractivity contribution in [3.8, 4) is 0 Å². The number of aryl methyl sites for hydroxylation is 2. The average molecular weight is 663 g/mol. The minimum Gasteiger partial charge on any atom is -0.455 e. The Morgan fingerprint density at radius 1 is 0.689 bits per heavy atom. The average Bonchev–Trinajstić information content (AvgIpc) is 2.98. The number of hydrogen-bond donors (Lipinski definition) is 0. The SMILES string of the molecule is CC(=O)O[C@@H]1[C@@H](OC(C)=O)[C@H](OCc2ccccc2)O[C@H](COS(=O)(=O)c2ccc(C)cc2)[C@H]1OS(=O)(=O)c1ccc(C)cc1. The lowest BCUT2D eigenvalue weighted by Gasteiger charge is -2.44. The lowest BCUT2D eigenvalue weighted by atomic mass is 9.98. The van der Waals surface area contributed by atoms with Crippen molar-refractivity contribution in [3.05, 3.63) is 95.6 Å². The highest BCUT2D eigenvalue weighted by molar-refractivity contribution is 7.87. The van der Waals surface area contributed by atoms with Crippen LogP contribution < -0.4 is 0 Å². The van der Waals surface area contributed by atoms with E-state index in [9.17, 15) is 26.4 Å². The highest BCUT2D eigenvalue weighted by Gasteiger charge is 2.53. The first-order chi connectivity index (χ1) is 21.2. The summed E-state index contributed by atoms with van der Waals surface area (Å²) in [5, 5.41) is 0. The second-order valence-electron chi connectivity index (χ2n) is 10.4. The van der Waals surface area contributed by atoms with E-state index in [2.05, 4.69) is 0 Å². The molecular formula is C31H34O12S2. The number of esters is 2. The number of rotatable bonds is 12. The molecule has 242 valence electrons. The minimum atomic E-state index is -4.57. The molecule has 0 radical (unpaired) electrons. The molecule has 0 saturated carbocycles. The van der Waals surface area contributed by atoms with E-state index in [1.807, 2.05) is 0 Å². The molecule has 1 saturated heterocycles. The maximum Gasteiger partial charge on any atom is 0.303 e. The summed E-state index contributed by atoms with van der Waals surface area (Å²) < 4.78 is 86.8. The van der Waals surface area contributed by atoms with Crippen LogP contribution in [0.15, 0.2) is 88.7 Å². The van der Waals surface area contributed by atoms with Crippen LogP contribution in [-0.2, 0) is 63.7 Å². The van der Waals surface area contributed by atoms with Gasteiger partial charge >= 0.3 is 11.9 Å². The Morgan fingerprint density at radius 2 is 1.20 bits per heavy atom. The van der Waals surface area contributed by atoms with E-state index in [4.69, 9.17) is 27.3 Å². The van der Waals surface area contributed by atoms with Gasteiger partial charge in [0.15, 0.2) is 18.5 Å². The summed E-state index contributed by atoms with van der Waals surface area (Å²) in [6, 6.07) is 20.5. The van der Waals surface area contributed by atoms with Gasteiger partial charge in [-0.15, -0.1) is 0 Å². The van der Waals surface area contributed by atoms with Crippen LogP contribution in [0.5, 0.6) is 0 Å². The van der Waals surface area contributed by atoms with Crippen molar-refractivity contribution >= 4 is 32.2 Å². The van der Waals surface area contributed by atoms with E-state index in [1.54, 1.807) is 68.4 Å². The van der Waals surface area contributed by atoms with Gasteiger partial charge in [0.1, 0.15) is 12.2 Å².